The molecule has 0 bridgehead atoms. The number of nitrogens with zero attached hydrogens (tertiary/aromatic N) is 1. The molecule has 2 aromatic rings. The number of anilines is 2. The molecule has 0 amide bonds. The van der Waals surface area contributed by atoms with Crippen molar-refractivity contribution >= 4 is 22.3 Å². The molecule has 16 heavy (non-hydrogen) atoms. The first-order chi connectivity index (χ1) is 7.46. The van der Waals surface area contributed by atoms with Crippen LogP contribution >= 0.6 is 0 Å². The van der Waals surface area contributed by atoms with Gasteiger partial charge in [0.2, 0.25) is 0 Å². The smallest absolute Gasteiger partial charge is 0.0763 e. The van der Waals surface area contributed by atoms with Crippen molar-refractivity contribution in [3.05, 3.63) is 18.3 Å². The van der Waals surface area contributed by atoms with Gasteiger partial charge in [0, 0.05) is 11.9 Å². The molecule has 86 valence electrons. The van der Waals surface area contributed by atoms with E-state index in [1.54, 1.807) is 20.0 Å². The number of hydrogen-bond donors (Lipinski definition) is 4. The second-order valence-corrected chi connectivity index (χ2v) is 4.56. The van der Waals surface area contributed by atoms with Crippen LogP contribution in [0.25, 0.3) is 10.9 Å². The van der Waals surface area contributed by atoms with Gasteiger partial charge in [0.15, 0.2) is 0 Å². The number of rotatable bonds is 3. The minimum atomic E-state index is -0.768. The maximum atomic E-state index is 9.62. The summed E-state index contributed by atoms with van der Waals surface area (Å²) in [6.45, 7) is 3.92. The molecule has 0 fully saturated rings. The molecule has 0 aliphatic heterocycles. The zero-order chi connectivity index (χ0) is 11.8. The normalized spacial score (nSPS) is 11.9. The molecule has 5 heteroatoms. The molecule has 0 aliphatic carbocycles. The number of hydrogen-bond acceptors (Lipinski definition) is 4. The second kappa shape index (κ2) is 3.68. The van der Waals surface area contributed by atoms with Gasteiger partial charge in [0.05, 0.1) is 28.7 Å². The second-order valence-electron chi connectivity index (χ2n) is 4.56. The van der Waals surface area contributed by atoms with Crippen molar-refractivity contribution in [1.82, 2.24) is 10.2 Å². The van der Waals surface area contributed by atoms with Crippen molar-refractivity contribution in [2.45, 2.75) is 19.4 Å². The zero-order valence-electron chi connectivity index (χ0n) is 9.41. The first-order valence-electron chi connectivity index (χ1n) is 5.14. The van der Waals surface area contributed by atoms with Crippen LogP contribution in [0.5, 0.6) is 0 Å². The summed E-state index contributed by atoms with van der Waals surface area (Å²) in [6.07, 6.45) is 1.73. The first kappa shape index (κ1) is 10.8. The third kappa shape index (κ3) is 2.25. The van der Waals surface area contributed by atoms with E-state index in [1.807, 2.05) is 12.1 Å². The standard InChI is InChI=1S/C11H16N4O/c1-11(2,16)6-13-10-4-9-7(3-8(10)12)5-14-15-9/h3-5,13,16H,6,12H2,1-2H3,(H,14,15). The highest BCUT2D eigenvalue weighted by molar-refractivity contribution is 5.88. The summed E-state index contributed by atoms with van der Waals surface area (Å²) >= 11 is 0. The molecule has 5 N–H and O–H groups in total. The van der Waals surface area contributed by atoms with Crippen LogP contribution in [0.15, 0.2) is 18.3 Å². The highest BCUT2D eigenvalue weighted by Gasteiger charge is 2.12. The van der Waals surface area contributed by atoms with Gasteiger partial charge in [-0.2, -0.15) is 5.10 Å². The molecule has 1 aromatic carbocycles. The number of aromatic nitrogens is 2. The Morgan fingerprint density at radius 2 is 2.25 bits per heavy atom. The molecule has 0 saturated carbocycles. The molecule has 1 heterocycles. The van der Waals surface area contributed by atoms with E-state index < -0.39 is 5.60 Å². The Labute approximate surface area is 93.7 Å². The Morgan fingerprint density at radius 3 is 2.94 bits per heavy atom. The third-order valence-electron chi connectivity index (χ3n) is 2.32. The summed E-state index contributed by atoms with van der Waals surface area (Å²) in [6, 6.07) is 3.74. The SMILES string of the molecule is CC(C)(O)CNc1cc2[nH]ncc2cc1N. The van der Waals surface area contributed by atoms with Crippen molar-refractivity contribution in [1.29, 1.82) is 0 Å². The first-order valence-corrected chi connectivity index (χ1v) is 5.14. The summed E-state index contributed by atoms with van der Waals surface area (Å²) in [7, 11) is 0. The summed E-state index contributed by atoms with van der Waals surface area (Å²) in [5.41, 5.74) is 7.50. The Balaban J connectivity index is 2.26. The van der Waals surface area contributed by atoms with Gasteiger partial charge in [-0.3, -0.25) is 5.10 Å². The van der Waals surface area contributed by atoms with Gasteiger partial charge in [-0.1, -0.05) is 0 Å². The monoisotopic (exact) mass is 220 g/mol. The number of aromatic amines is 1. The topological polar surface area (TPSA) is 87.0 Å². The van der Waals surface area contributed by atoms with Crippen molar-refractivity contribution in [2.24, 2.45) is 0 Å². The maximum Gasteiger partial charge on any atom is 0.0763 e. The third-order valence-corrected chi connectivity index (χ3v) is 2.32. The van der Waals surface area contributed by atoms with Gasteiger partial charge >= 0.3 is 0 Å². The lowest BCUT2D eigenvalue weighted by atomic mass is 10.1. The van der Waals surface area contributed by atoms with E-state index in [0.29, 0.717) is 12.2 Å². The van der Waals surface area contributed by atoms with E-state index in [9.17, 15) is 5.11 Å². The highest BCUT2D eigenvalue weighted by atomic mass is 16.3. The molecular formula is C11H16N4O. The Kier molecular flexibility index (Phi) is 2.47. The average molecular weight is 220 g/mol. The van der Waals surface area contributed by atoms with Crippen molar-refractivity contribution in [3.63, 3.8) is 0 Å². The van der Waals surface area contributed by atoms with E-state index in [2.05, 4.69) is 15.5 Å². The van der Waals surface area contributed by atoms with E-state index in [4.69, 9.17) is 5.73 Å². The fourth-order valence-corrected chi connectivity index (χ4v) is 1.47. The van der Waals surface area contributed by atoms with Crippen LogP contribution in [0.4, 0.5) is 11.4 Å². The van der Waals surface area contributed by atoms with Gasteiger partial charge in [-0.15, -0.1) is 0 Å². The van der Waals surface area contributed by atoms with E-state index in [0.717, 1.165) is 16.6 Å². The number of aliphatic hydroxyl groups is 1. The van der Waals surface area contributed by atoms with Gasteiger partial charge < -0.3 is 16.2 Å². The fourth-order valence-electron chi connectivity index (χ4n) is 1.47. The van der Waals surface area contributed by atoms with Crippen LogP contribution in [0, 0.1) is 0 Å². The molecule has 0 spiro atoms. The predicted molar refractivity (Wildman–Crippen MR) is 65.3 cm³/mol. The molecule has 1 aromatic heterocycles. The molecule has 0 radical (unpaired) electrons. The number of nitrogen functional groups attached to an aromatic ring is 1. The number of nitrogens with two attached hydrogens (primary N) is 1. The largest absolute Gasteiger partial charge is 0.397 e. The quantitative estimate of drug-likeness (QED) is 0.588. The highest BCUT2D eigenvalue weighted by Crippen LogP contribution is 2.24. The average Bonchev–Trinajstić information content (AvgIpc) is 2.59. The number of fused-ring (bicyclic) bond motifs is 1. The predicted octanol–water partition coefficient (Wildman–Crippen LogP) is 1.33. The van der Waals surface area contributed by atoms with Gasteiger partial charge in [0.1, 0.15) is 0 Å². The Hall–Kier alpha value is -1.75. The fraction of sp³-hybridized carbons (Fsp3) is 0.364. The van der Waals surface area contributed by atoms with Crippen LogP contribution in [0.1, 0.15) is 13.8 Å². The van der Waals surface area contributed by atoms with Crippen molar-refractivity contribution in [2.75, 3.05) is 17.6 Å². The number of H-pyrrole nitrogens is 1. The van der Waals surface area contributed by atoms with Crippen molar-refractivity contribution < 1.29 is 5.11 Å². The van der Waals surface area contributed by atoms with Gasteiger partial charge in [-0.05, 0) is 26.0 Å². The zero-order valence-corrected chi connectivity index (χ0v) is 9.41. The lowest BCUT2D eigenvalue weighted by Gasteiger charge is -2.19. The molecule has 0 saturated heterocycles. The van der Waals surface area contributed by atoms with Crippen molar-refractivity contribution in [3.8, 4) is 0 Å². The van der Waals surface area contributed by atoms with E-state index in [1.165, 1.54) is 0 Å². The molecule has 5 nitrogen and oxygen atoms in total. The minimum Gasteiger partial charge on any atom is -0.397 e. The summed E-state index contributed by atoms with van der Waals surface area (Å²) in [5, 5.41) is 20.5. The van der Waals surface area contributed by atoms with Crippen LogP contribution in [-0.4, -0.2) is 27.4 Å². The van der Waals surface area contributed by atoms with Crippen LogP contribution in [-0.2, 0) is 0 Å². The lowest BCUT2D eigenvalue weighted by Crippen LogP contribution is -2.29. The minimum absolute atomic E-state index is 0.441. The molecule has 0 atom stereocenters. The Morgan fingerprint density at radius 1 is 1.50 bits per heavy atom. The lowest BCUT2D eigenvalue weighted by molar-refractivity contribution is 0.0945. The summed E-state index contributed by atoms with van der Waals surface area (Å²) in [5.74, 6) is 0. The number of benzene rings is 1. The molecule has 0 unspecified atom stereocenters. The van der Waals surface area contributed by atoms with Crippen LogP contribution in [0.2, 0.25) is 0 Å². The van der Waals surface area contributed by atoms with Crippen LogP contribution in [0.3, 0.4) is 0 Å². The van der Waals surface area contributed by atoms with Gasteiger partial charge in [-0.25, -0.2) is 0 Å². The van der Waals surface area contributed by atoms with E-state index >= 15 is 0 Å². The Bertz CT molecular complexity index is 498. The summed E-state index contributed by atoms with van der Waals surface area (Å²) < 4.78 is 0. The molecule has 2 rings (SSSR count). The summed E-state index contributed by atoms with van der Waals surface area (Å²) in [4.78, 5) is 0. The number of nitrogens with one attached hydrogen (secondary N) is 2. The van der Waals surface area contributed by atoms with Gasteiger partial charge in [0.25, 0.3) is 0 Å². The van der Waals surface area contributed by atoms with Crippen LogP contribution < -0.4 is 11.1 Å². The molecule has 0 aliphatic rings. The van der Waals surface area contributed by atoms with E-state index in [-0.39, 0.29) is 0 Å². The molecular weight excluding hydrogens is 204 g/mol. The maximum absolute atomic E-state index is 9.62.